The Labute approximate surface area is 73.1 Å². The molecule has 1 aliphatic heterocycles. The third-order valence-electron chi connectivity index (χ3n) is 2.06. The molecule has 1 rings (SSSR count). The van der Waals surface area contributed by atoms with Crippen LogP contribution in [0.4, 0.5) is 0 Å². The lowest BCUT2D eigenvalue weighted by molar-refractivity contribution is -0.131. The number of hydrogen-bond donors (Lipinski definition) is 2. The Kier molecular flexibility index (Phi) is 4.04. The standard InChI is InChI=1S/C8H17N3O/c9-3-1-2-8(12)11-6-4-10-5-7-11/h10H,1-7,9H2. The molecule has 0 saturated carbocycles. The summed E-state index contributed by atoms with van der Waals surface area (Å²) in [6.07, 6.45) is 1.42. The maximum absolute atomic E-state index is 11.4. The Hall–Kier alpha value is -0.610. The minimum atomic E-state index is 0.252. The average Bonchev–Trinajstić information content (AvgIpc) is 2.15. The Morgan fingerprint density at radius 1 is 1.42 bits per heavy atom. The second-order valence-corrected chi connectivity index (χ2v) is 3.02. The minimum absolute atomic E-state index is 0.252. The number of carbonyl (C=O) groups excluding carboxylic acids is 1. The van der Waals surface area contributed by atoms with E-state index in [0.29, 0.717) is 13.0 Å². The van der Waals surface area contributed by atoms with Crippen LogP contribution in [-0.2, 0) is 4.79 Å². The van der Waals surface area contributed by atoms with Crippen molar-refractivity contribution < 1.29 is 4.79 Å². The number of rotatable bonds is 3. The van der Waals surface area contributed by atoms with E-state index in [4.69, 9.17) is 5.73 Å². The van der Waals surface area contributed by atoms with Gasteiger partial charge in [0.1, 0.15) is 0 Å². The number of nitrogens with zero attached hydrogens (tertiary/aromatic N) is 1. The first kappa shape index (κ1) is 9.48. The molecule has 70 valence electrons. The highest BCUT2D eigenvalue weighted by molar-refractivity contribution is 5.76. The number of piperazine rings is 1. The third kappa shape index (κ3) is 2.79. The van der Waals surface area contributed by atoms with Crippen LogP contribution in [0.5, 0.6) is 0 Å². The van der Waals surface area contributed by atoms with Gasteiger partial charge >= 0.3 is 0 Å². The highest BCUT2D eigenvalue weighted by atomic mass is 16.2. The third-order valence-corrected chi connectivity index (χ3v) is 2.06. The molecule has 0 atom stereocenters. The molecule has 0 aliphatic carbocycles. The van der Waals surface area contributed by atoms with Crippen molar-refractivity contribution in [1.82, 2.24) is 10.2 Å². The first-order valence-corrected chi connectivity index (χ1v) is 4.53. The fourth-order valence-electron chi connectivity index (χ4n) is 1.33. The largest absolute Gasteiger partial charge is 0.340 e. The molecule has 0 unspecified atom stereocenters. The van der Waals surface area contributed by atoms with Gasteiger partial charge in [-0.05, 0) is 13.0 Å². The van der Waals surface area contributed by atoms with Crippen LogP contribution in [0, 0.1) is 0 Å². The molecule has 0 aromatic rings. The van der Waals surface area contributed by atoms with E-state index < -0.39 is 0 Å². The lowest BCUT2D eigenvalue weighted by atomic mass is 10.2. The zero-order chi connectivity index (χ0) is 8.81. The van der Waals surface area contributed by atoms with Gasteiger partial charge in [0.2, 0.25) is 5.91 Å². The molecule has 1 fully saturated rings. The zero-order valence-electron chi connectivity index (χ0n) is 7.38. The summed E-state index contributed by atoms with van der Waals surface area (Å²) in [4.78, 5) is 13.3. The van der Waals surface area contributed by atoms with Gasteiger partial charge in [-0.25, -0.2) is 0 Å². The summed E-state index contributed by atoms with van der Waals surface area (Å²) in [6, 6.07) is 0. The molecule has 4 heteroatoms. The molecule has 0 aromatic heterocycles. The Morgan fingerprint density at radius 2 is 2.08 bits per heavy atom. The van der Waals surface area contributed by atoms with Crippen molar-refractivity contribution in [2.75, 3.05) is 32.7 Å². The second kappa shape index (κ2) is 5.11. The van der Waals surface area contributed by atoms with E-state index in [9.17, 15) is 4.79 Å². The first-order valence-electron chi connectivity index (χ1n) is 4.53. The molecule has 3 N–H and O–H groups in total. The van der Waals surface area contributed by atoms with Crippen molar-refractivity contribution in [2.24, 2.45) is 5.73 Å². The Bertz CT molecular complexity index is 143. The van der Waals surface area contributed by atoms with Gasteiger partial charge in [0.05, 0.1) is 0 Å². The fraction of sp³-hybridized carbons (Fsp3) is 0.875. The highest BCUT2D eigenvalue weighted by Crippen LogP contribution is 1.98. The lowest BCUT2D eigenvalue weighted by Crippen LogP contribution is -2.46. The average molecular weight is 171 g/mol. The second-order valence-electron chi connectivity index (χ2n) is 3.02. The van der Waals surface area contributed by atoms with Crippen LogP contribution in [0.1, 0.15) is 12.8 Å². The summed E-state index contributed by atoms with van der Waals surface area (Å²) in [5.74, 6) is 0.252. The van der Waals surface area contributed by atoms with Crippen LogP contribution in [0.2, 0.25) is 0 Å². The summed E-state index contributed by atoms with van der Waals surface area (Å²) in [6.45, 7) is 4.16. The number of hydrogen-bond acceptors (Lipinski definition) is 3. The van der Waals surface area contributed by atoms with E-state index >= 15 is 0 Å². The SMILES string of the molecule is NCCCC(=O)N1CCNCC1. The van der Waals surface area contributed by atoms with Gasteiger partial charge in [0, 0.05) is 32.6 Å². The van der Waals surface area contributed by atoms with Crippen molar-refractivity contribution in [3.63, 3.8) is 0 Å². The quantitative estimate of drug-likeness (QED) is 0.582. The van der Waals surface area contributed by atoms with Gasteiger partial charge in [-0.1, -0.05) is 0 Å². The van der Waals surface area contributed by atoms with Crippen LogP contribution >= 0.6 is 0 Å². The zero-order valence-corrected chi connectivity index (χ0v) is 7.38. The molecule has 0 bridgehead atoms. The van der Waals surface area contributed by atoms with Gasteiger partial charge < -0.3 is 16.0 Å². The van der Waals surface area contributed by atoms with Gasteiger partial charge in [0.15, 0.2) is 0 Å². The smallest absolute Gasteiger partial charge is 0.222 e. The fourth-order valence-corrected chi connectivity index (χ4v) is 1.33. The number of nitrogens with one attached hydrogen (secondary N) is 1. The Balaban J connectivity index is 2.20. The van der Waals surface area contributed by atoms with E-state index in [2.05, 4.69) is 5.32 Å². The molecule has 4 nitrogen and oxygen atoms in total. The summed E-state index contributed by atoms with van der Waals surface area (Å²) in [7, 11) is 0. The van der Waals surface area contributed by atoms with Crippen LogP contribution < -0.4 is 11.1 Å². The molecule has 0 radical (unpaired) electrons. The van der Waals surface area contributed by atoms with Crippen molar-refractivity contribution >= 4 is 5.91 Å². The number of amides is 1. The summed E-state index contributed by atoms with van der Waals surface area (Å²) >= 11 is 0. The van der Waals surface area contributed by atoms with E-state index in [1.54, 1.807) is 0 Å². The van der Waals surface area contributed by atoms with E-state index in [-0.39, 0.29) is 5.91 Å². The predicted molar refractivity (Wildman–Crippen MR) is 47.7 cm³/mol. The number of carbonyl (C=O) groups is 1. The Morgan fingerprint density at radius 3 is 2.67 bits per heavy atom. The minimum Gasteiger partial charge on any atom is -0.340 e. The molecule has 0 spiro atoms. The summed E-state index contributed by atoms with van der Waals surface area (Å²) in [5.41, 5.74) is 5.32. The van der Waals surface area contributed by atoms with Gasteiger partial charge in [-0.2, -0.15) is 0 Å². The summed E-state index contributed by atoms with van der Waals surface area (Å²) in [5, 5.41) is 3.21. The topological polar surface area (TPSA) is 58.4 Å². The van der Waals surface area contributed by atoms with Crippen molar-refractivity contribution in [3.8, 4) is 0 Å². The van der Waals surface area contributed by atoms with Crippen molar-refractivity contribution in [1.29, 1.82) is 0 Å². The molecule has 1 amide bonds. The van der Waals surface area contributed by atoms with E-state index in [1.807, 2.05) is 4.90 Å². The normalized spacial score (nSPS) is 17.9. The van der Waals surface area contributed by atoms with Gasteiger partial charge in [0.25, 0.3) is 0 Å². The van der Waals surface area contributed by atoms with Gasteiger partial charge in [-0.15, -0.1) is 0 Å². The van der Waals surface area contributed by atoms with Crippen LogP contribution in [0.15, 0.2) is 0 Å². The number of nitrogens with two attached hydrogens (primary N) is 1. The first-order chi connectivity index (χ1) is 5.84. The maximum Gasteiger partial charge on any atom is 0.222 e. The predicted octanol–water partition coefficient (Wildman–Crippen LogP) is -0.843. The molecule has 12 heavy (non-hydrogen) atoms. The van der Waals surface area contributed by atoms with Crippen LogP contribution in [0.25, 0.3) is 0 Å². The van der Waals surface area contributed by atoms with Crippen LogP contribution in [-0.4, -0.2) is 43.5 Å². The molecule has 1 saturated heterocycles. The molecule has 1 heterocycles. The maximum atomic E-state index is 11.4. The van der Waals surface area contributed by atoms with E-state index in [0.717, 1.165) is 32.6 Å². The molecular weight excluding hydrogens is 154 g/mol. The highest BCUT2D eigenvalue weighted by Gasteiger charge is 2.14. The lowest BCUT2D eigenvalue weighted by Gasteiger charge is -2.27. The monoisotopic (exact) mass is 171 g/mol. The molecule has 0 aromatic carbocycles. The molecular formula is C8H17N3O. The molecule has 1 aliphatic rings. The van der Waals surface area contributed by atoms with Gasteiger partial charge in [-0.3, -0.25) is 4.79 Å². The van der Waals surface area contributed by atoms with E-state index in [1.165, 1.54) is 0 Å². The summed E-state index contributed by atoms with van der Waals surface area (Å²) < 4.78 is 0. The van der Waals surface area contributed by atoms with Crippen molar-refractivity contribution in [2.45, 2.75) is 12.8 Å². The van der Waals surface area contributed by atoms with Crippen LogP contribution in [0.3, 0.4) is 0 Å². The van der Waals surface area contributed by atoms with Crippen molar-refractivity contribution in [3.05, 3.63) is 0 Å².